The van der Waals surface area contributed by atoms with Gasteiger partial charge in [-0.3, -0.25) is 14.2 Å². The number of amides is 1. The Balaban J connectivity index is 1.59. The molecule has 1 N–H and O–H groups in total. The summed E-state index contributed by atoms with van der Waals surface area (Å²) in [5, 5.41) is 3.63. The Morgan fingerprint density at radius 1 is 1.22 bits per heavy atom. The molecule has 2 heterocycles. The Bertz CT molecular complexity index is 1230. The van der Waals surface area contributed by atoms with Crippen molar-refractivity contribution in [3.05, 3.63) is 75.5 Å². The number of carbonyl (C=O) groups is 1. The topological polar surface area (TPSA) is 64.0 Å². The first-order valence-corrected chi connectivity index (χ1v) is 9.30. The van der Waals surface area contributed by atoms with Gasteiger partial charge in [0.2, 0.25) is 5.91 Å². The molecule has 0 fully saturated rings. The highest BCUT2D eigenvalue weighted by Crippen LogP contribution is 2.31. The molecule has 0 unspecified atom stereocenters. The van der Waals surface area contributed by atoms with E-state index in [1.165, 1.54) is 28.3 Å². The number of rotatable bonds is 4. The first-order valence-electron chi connectivity index (χ1n) is 8.11. The zero-order valence-electron chi connectivity index (χ0n) is 13.9. The van der Waals surface area contributed by atoms with Crippen LogP contribution in [0.25, 0.3) is 20.3 Å². The number of halogens is 2. The predicted molar refractivity (Wildman–Crippen MR) is 105 cm³/mol. The summed E-state index contributed by atoms with van der Waals surface area (Å²) < 4.78 is 16.3. The van der Waals surface area contributed by atoms with Crippen LogP contribution < -0.4 is 10.9 Å². The Morgan fingerprint density at radius 3 is 2.85 bits per heavy atom. The maximum Gasteiger partial charge on any atom is 0.271 e. The number of fused-ring (bicyclic) bond motifs is 3. The van der Waals surface area contributed by atoms with Gasteiger partial charge in [-0.2, -0.15) is 0 Å². The zero-order chi connectivity index (χ0) is 19.0. The highest BCUT2D eigenvalue weighted by atomic mass is 35.5. The lowest BCUT2D eigenvalue weighted by Crippen LogP contribution is -2.32. The average Bonchev–Trinajstić information content (AvgIpc) is 3.04. The molecule has 0 saturated heterocycles. The van der Waals surface area contributed by atoms with Crippen molar-refractivity contribution in [1.29, 1.82) is 0 Å². The molecule has 5 nitrogen and oxygen atoms in total. The van der Waals surface area contributed by atoms with Crippen molar-refractivity contribution in [2.75, 3.05) is 0 Å². The third-order valence-electron chi connectivity index (χ3n) is 4.17. The Kier molecular flexibility index (Phi) is 4.63. The maximum atomic E-state index is 14.1. The Labute approximate surface area is 162 Å². The quantitative estimate of drug-likeness (QED) is 0.567. The van der Waals surface area contributed by atoms with Gasteiger partial charge in [0, 0.05) is 16.3 Å². The van der Waals surface area contributed by atoms with Crippen LogP contribution >= 0.6 is 22.9 Å². The maximum absolute atomic E-state index is 14.1. The van der Waals surface area contributed by atoms with E-state index in [1.54, 1.807) is 18.2 Å². The van der Waals surface area contributed by atoms with E-state index in [0.717, 1.165) is 5.56 Å². The second-order valence-electron chi connectivity index (χ2n) is 5.94. The molecule has 136 valence electrons. The lowest BCUT2D eigenvalue weighted by atomic mass is 10.2. The van der Waals surface area contributed by atoms with Gasteiger partial charge in [-0.1, -0.05) is 35.9 Å². The molecule has 0 saturated carbocycles. The molecule has 0 radical (unpaired) electrons. The highest BCUT2D eigenvalue weighted by molar-refractivity contribution is 7.25. The van der Waals surface area contributed by atoms with Crippen LogP contribution in [-0.2, 0) is 17.9 Å². The van der Waals surface area contributed by atoms with Gasteiger partial charge < -0.3 is 5.32 Å². The molecule has 2 aromatic carbocycles. The summed E-state index contributed by atoms with van der Waals surface area (Å²) in [7, 11) is 0. The molecule has 0 aliphatic heterocycles. The number of thiophene rings is 1. The summed E-state index contributed by atoms with van der Waals surface area (Å²) in [4.78, 5) is 29.1. The van der Waals surface area contributed by atoms with Gasteiger partial charge in [0.05, 0.1) is 17.2 Å². The monoisotopic (exact) mass is 401 g/mol. The molecule has 0 aliphatic carbocycles. The average molecular weight is 402 g/mol. The minimum atomic E-state index is -0.416. The van der Waals surface area contributed by atoms with Crippen molar-refractivity contribution in [2.45, 2.75) is 13.1 Å². The molecule has 27 heavy (non-hydrogen) atoms. The molecule has 4 aromatic rings. The fourth-order valence-corrected chi connectivity index (χ4v) is 4.15. The lowest BCUT2D eigenvalue weighted by molar-refractivity contribution is -0.121. The van der Waals surface area contributed by atoms with Crippen molar-refractivity contribution >= 4 is 49.1 Å². The SMILES string of the molecule is O=C(Cn1cnc2c(sc3cccc(F)c32)c1=O)NCc1ccccc1Cl. The van der Waals surface area contributed by atoms with Crippen molar-refractivity contribution < 1.29 is 9.18 Å². The smallest absolute Gasteiger partial charge is 0.271 e. The fraction of sp³-hybridized carbons (Fsp3) is 0.105. The van der Waals surface area contributed by atoms with Gasteiger partial charge in [0.15, 0.2) is 0 Å². The van der Waals surface area contributed by atoms with Crippen molar-refractivity contribution in [3.63, 3.8) is 0 Å². The van der Waals surface area contributed by atoms with Crippen LogP contribution in [0.5, 0.6) is 0 Å². The predicted octanol–water partition coefficient (Wildman–Crippen LogP) is 3.72. The number of nitrogens with zero attached hydrogens (tertiary/aromatic N) is 2. The summed E-state index contributed by atoms with van der Waals surface area (Å²) in [5.74, 6) is -0.758. The molecule has 0 aliphatic rings. The van der Waals surface area contributed by atoms with Crippen molar-refractivity contribution in [3.8, 4) is 0 Å². The number of aromatic nitrogens is 2. The van der Waals surface area contributed by atoms with E-state index in [-0.39, 0.29) is 24.6 Å². The summed E-state index contributed by atoms with van der Waals surface area (Å²) in [6, 6.07) is 11.9. The number of benzene rings is 2. The Morgan fingerprint density at radius 2 is 2.04 bits per heavy atom. The molecule has 0 atom stereocenters. The van der Waals surface area contributed by atoms with E-state index < -0.39 is 5.82 Å². The fourth-order valence-electron chi connectivity index (χ4n) is 2.83. The van der Waals surface area contributed by atoms with Crippen LogP contribution in [-0.4, -0.2) is 15.5 Å². The summed E-state index contributed by atoms with van der Waals surface area (Å²) in [6.45, 7) is 0.0833. The first-order chi connectivity index (χ1) is 13.0. The van der Waals surface area contributed by atoms with E-state index in [2.05, 4.69) is 10.3 Å². The molecule has 2 aromatic heterocycles. The van der Waals surface area contributed by atoms with E-state index in [1.807, 2.05) is 18.2 Å². The number of hydrogen-bond donors (Lipinski definition) is 1. The third-order valence-corrected chi connectivity index (χ3v) is 5.67. The highest BCUT2D eigenvalue weighted by Gasteiger charge is 2.15. The van der Waals surface area contributed by atoms with Crippen LogP contribution in [0.2, 0.25) is 5.02 Å². The molecule has 0 bridgehead atoms. The molecule has 8 heteroatoms. The van der Waals surface area contributed by atoms with Crippen LogP contribution in [0.3, 0.4) is 0 Å². The van der Waals surface area contributed by atoms with E-state index in [9.17, 15) is 14.0 Å². The molecule has 4 rings (SSSR count). The molecule has 0 spiro atoms. The zero-order valence-corrected chi connectivity index (χ0v) is 15.5. The summed E-state index contributed by atoms with van der Waals surface area (Å²) in [6.07, 6.45) is 1.28. The lowest BCUT2D eigenvalue weighted by Gasteiger charge is -2.08. The number of carbonyl (C=O) groups excluding carboxylic acids is 1. The van der Waals surface area contributed by atoms with Crippen LogP contribution in [0.4, 0.5) is 4.39 Å². The van der Waals surface area contributed by atoms with Crippen molar-refractivity contribution in [1.82, 2.24) is 14.9 Å². The van der Waals surface area contributed by atoms with Gasteiger partial charge >= 0.3 is 0 Å². The second-order valence-corrected chi connectivity index (χ2v) is 7.40. The molecular weight excluding hydrogens is 389 g/mol. The summed E-state index contributed by atoms with van der Waals surface area (Å²) in [5.41, 5.74) is 0.743. The van der Waals surface area contributed by atoms with Gasteiger partial charge in [0.25, 0.3) is 5.56 Å². The van der Waals surface area contributed by atoms with Crippen molar-refractivity contribution in [2.24, 2.45) is 0 Å². The minimum absolute atomic E-state index is 0.178. The van der Waals surface area contributed by atoms with Crippen LogP contribution in [0.15, 0.2) is 53.6 Å². The Hall–Kier alpha value is -2.77. The standard InChI is InChI=1S/C19H13ClFN3O2S/c20-12-5-2-1-4-11(12)8-22-15(25)9-24-10-23-17-16-13(21)6-3-7-14(16)27-18(17)19(24)26/h1-7,10H,8-9H2,(H,22,25). The van der Waals surface area contributed by atoms with E-state index in [4.69, 9.17) is 11.6 Å². The van der Waals surface area contributed by atoms with Crippen LogP contribution in [0, 0.1) is 5.82 Å². The number of nitrogens with one attached hydrogen (secondary N) is 1. The van der Waals surface area contributed by atoms with E-state index in [0.29, 0.717) is 25.3 Å². The third kappa shape index (κ3) is 3.31. The number of hydrogen-bond acceptors (Lipinski definition) is 4. The van der Waals surface area contributed by atoms with E-state index >= 15 is 0 Å². The minimum Gasteiger partial charge on any atom is -0.350 e. The molecule has 1 amide bonds. The second kappa shape index (κ2) is 7.09. The largest absolute Gasteiger partial charge is 0.350 e. The van der Waals surface area contributed by atoms with Gasteiger partial charge in [-0.05, 0) is 23.8 Å². The van der Waals surface area contributed by atoms with Crippen LogP contribution in [0.1, 0.15) is 5.56 Å². The summed E-state index contributed by atoms with van der Waals surface area (Å²) >= 11 is 7.24. The van der Waals surface area contributed by atoms with Gasteiger partial charge in [-0.25, -0.2) is 9.37 Å². The molecular formula is C19H13ClFN3O2S. The normalized spacial score (nSPS) is 11.2. The van der Waals surface area contributed by atoms with Gasteiger partial charge in [0.1, 0.15) is 17.1 Å². The van der Waals surface area contributed by atoms with Gasteiger partial charge in [-0.15, -0.1) is 11.3 Å². The first kappa shape index (κ1) is 17.6.